The summed E-state index contributed by atoms with van der Waals surface area (Å²) in [5, 5.41) is 12.6. The van der Waals surface area contributed by atoms with E-state index >= 15 is 4.39 Å². The van der Waals surface area contributed by atoms with E-state index in [1.807, 2.05) is 0 Å². The first kappa shape index (κ1) is 29.9. The molecule has 1 unspecified atom stereocenters. The number of nitrogens with zero attached hydrogens (tertiary/aromatic N) is 3. The molecule has 1 saturated heterocycles. The van der Waals surface area contributed by atoms with Crippen LogP contribution in [-0.2, 0) is 32.6 Å². The van der Waals surface area contributed by atoms with Crippen molar-refractivity contribution in [2.45, 2.75) is 37.6 Å². The minimum atomic E-state index is -3.35. The second-order valence-electron chi connectivity index (χ2n) is 10.7. The van der Waals surface area contributed by atoms with Gasteiger partial charge in [0.05, 0.1) is 40.2 Å². The van der Waals surface area contributed by atoms with Crippen LogP contribution < -0.4 is 0 Å². The number of benzene rings is 2. The van der Waals surface area contributed by atoms with Crippen molar-refractivity contribution < 1.29 is 27.4 Å². The van der Waals surface area contributed by atoms with Gasteiger partial charge in [0.25, 0.3) is 5.91 Å². The second kappa shape index (κ2) is 10.9. The summed E-state index contributed by atoms with van der Waals surface area (Å²) in [6.07, 6.45) is 3.38. The Kier molecular flexibility index (Phi) is 7.95. The maximum absolute atomic E-state index is 16.3. The first-order chi connectivity index (χ1) is 19.3. The molecule has 0 spiro atoms. The average Bonchev–Trinajstić information content (AvgIpc) is 3.18. The molecule has 3 aromatic rings. The molecule has 1 aromatic heterocycles. The summed E-state index contributed by atoms with van der Waals surface area (Å²) >= 11 is 12.2. The lowest BCUT2D eigenvalue weighted by Crippen LogP contribution is -2.46. The Morgan fingerprint density at radius 3 is 2.32 bits per heavy atom. The first-order valence-electron chi connectivity index (χ1n) is 13.0. The molecular formula is C29H30Cl2FN3O5S. The van der Waals surface area contributed by atoms with E-state index in [1.54, 1.807) is 43.3 Å². The number of aliphatic hydroxyl groups is 1. The van der Waals surface area contributed by atoms with Crippen molar-refractivity contribution in [2.24, 2.45) is 5.92 Å². The highest BCUT2D eigenvalue weighted by molar-refractivity contribution is 7.88. The summed E-state index contributed by atoms with van der Waals surface area (Å²) in [6, 6.07) is 12.7. The number of rotatable bonds is 7. The zero-order chi connectivity index (χ0) is 29.7. The van der Waals surface area contributed by atoms with E-state index in [0.29, 0.717) is 34.1 Å². The number of piperidine rings is 1. The molecule has 1 fully saturated rings. The highest BCUT2D eigenvalue weighted by atomic mass is 35.5. The van der Waals surface area contributed by atoms with Gasteiger partial charge in [-0.1, -0.05) is 35.3 Å². The van der Waals surface area contributed by atoms with Crippen molar-refractivity contribution >= 4 is 39.1 Å². The Hall–Kier alpha value is -2.60. The van der Waals surface area contributed by atoms with Crippen LogP contribution in [0.4, 0.5) is 4.39 Å². The predicted octanol–water partition coefficient (Wildman–Crippen LogP) is 4.91. The molecule has 41 heavy (non-hydrogen) atoms. The largest absolute Gasteiger partial charge is 0.385 e. The number of amides is 1. The van der Waals surface area contributed by atoms with Crippen LogP contribution in [0.25, 0.3) is 0 Å². The van der Waals surface area contributed by atoms with E-state index in [-0.39, 0.29) is 42.2 Å². The molecule has 8 nitrogen and oxygen atoms in total. The van der Waals surface area contributed by atoms with Crippen LogP contribution in [0.3, 0.4) is 0 Å². The monoisotopic (exact) mass is 621 g/mol. The molecule has 2 aromatic carbocycles. The highest BCUT2D eigenvalue weighted by Crippen LogP contribution is 2.49. The van der Waals surface area contributed by atoms with Gasteiger partial charge < -0.3 is 9.84 Å². The van der Waals surface area contributed by atoms with Gasteiger partial charge in [0.15, 0.2) is 5.72 Å². The number of ether oxygens (including phenoxy) is 1. The topological polar surface area (TPSA) is 100 Å². The number of halogens is 3. The van der Waals surface area contributed by atoms with E-state index in [0.717, 1.165) is 6.26 Å². The predicted molar refractivity (Wildman–Crippen MR) is 153 cm³/mol. The molecular weight excluding hydrogens is 592 g/mol. The summed E-state index contributed by atoms with van der Waals surface area (Å²) < 4.78 is 47.7. The quantitative estimate of drug-likeness (QED) is 0.402. The minimum Gasteiger partial charge on any atom is -0.385 e. The lowest BCUT2D eigenvalue weighted by molar-refractivity contribution is -0.0886. The number of hydrogen-bond donors (Lipinski definition) is 1. The van der Waals surface area contributed by atoms with Gasteiger partial charge in [0.2, 0.25) is 10.0 Å². The molecule has 3 heterocycles. The maximum atomic E-state index is 16.3. The highest BCUT2D eigenvalue weighted by Gasteiger charge is 2.54. The number of methoxy groups -OCH3 is 1. The van der Waals surface area contributed by atoms with Crippen molar-refractivity contribution in [1.29, 1.82) is 0 Å². The van der Waals surface area contributed by atoms with Gasteiger partial charge in [-0.05, 0) is 67.6 Å². The zero-order valence-electron chi connectivity index (χ0n) is 22.8. The Morgan fingerprint density at radius 1 is 1.12 bits per heavy atom. The summed E-state index contributed by atoms with van der Waals surface area (Å²) in [5.74, 6) is -1.58. The normalized spacial score (nSPS) is 21.6. The molecule has 0 saturated carbocycles. The lowest BCUT2D eigenvalue weighted by Gasteiger charge is -2.39. The summed E-state index contributed by atoms with van der Waals surface area (Å²) in [4.78, 5) is 19.8. The zero-order valence-corrected chi connectivity index (χ0v) is 25.1. The van der Waals surface area contributed by atoms with E-state index < -0.39 is 33.1 Å². The van der Waals surface area contributed by atoms with Gasteiger partial charge in [-0.2, -0.15) is 0 Å². The van der Waals surface area contributed by atoms with Crippen LogP contribution in [0.2, 0.25) is 10.0 Å². The molecule has 1 amide bonds. The van der Waals surface area contributed by atoms with Crippen LogP contribution in [-0.4, -0.2) is 60.1 Å². The third kappa shape index (κ3) is 5.26. The van der Waals surface area contributed by atoms with Crippen molar-refractivity contribution in [2.75, 3.05) is 26.5 Å². The van der Waals surface area contributed by atoms with Gasteiger partial charge in [-0.3, -0.25) is 14.7 Å². The number of carbonyl (C=O) groups is 1. The lowest BCUT2D eigenvalue weighted by atomic mass is 9.76. The van der Waals surface area contributed by atoms with Crippen molar-refractivity contribution in [1.82, 2.24) is 14.2 Å². The third-order valence-electron chi connectivity index (χ3n) is 8.23. The van der Waals surface area contributed by atoms with E-state index in [4.69, 9.17) is 27.9 Å². The molecule has 0 radical (unpaired) electrons. The number of fused-ring (bicyclic) bond motifs is 1. The number of carbonyl (C=O) groups excluding carboxylic acids is 1. The standard InChI is InChI=1S/C29H30Cl2FN3O5S/c1-28(37,18-10-12-34(13-11-18)41(3,38)39)20-14-24-26(25(32)15-20)29(40-2,19-4-6-21(30)7-5-19)35(27(24)36)17-23-9-8-22(31)16-33-23/h4-9,14-16,18,37H,10-13,17H2,1-3H3/t28?,29-/m1/s1. The molecule has 12 heteroatoms. The fraction of sp³-hybridized carbons (Fsp3) is 0.379. The van der Waals surface area contributed by atoms with Crippen LogP contribution in [0.1, 0.15) is 52.5 Å². The van der Waals surface area contributed by atoms with Gasteiger partial charge in [0, 0.05) is 37.0 Å². The van der Waals surface area contributed by atoms with Gasteiger partial charge in [-0.15, -0.1) is 0 Å². The van der Waals surface area contributed by atoms with Gasteiger partial charge >= 0.3 is 0 Å². The Morgan fingerprint density at radius 2 is 1.76 bits per heavy atom. The SMILES string of the molecule is CO[C@]1(c2ccc(Cl)cc2)c2c(F)cc(C(C)(O)C3CCN(S(C)(=O)=O)CC3)cc2C(=O)N1Cc1ccc(Cl)cn1. The van der Waals surface area contributed by atoms with E-state index in [9.17, 15) is 18.3 Å². The second-order valence-corrected chi connectivity index (χ2v) is 13.5. The number of sulfonamides is 1. The number of pyridine rings is 1. The molecule has 5 rings (SSSR count). The van der Waals surface area contributed by atoms with Crippen molar-refractivity contribution in [3.05, 3.63) is 98.5 Å². The van der Waals surface area contributed by atoms with E-state index in [1.165, 1.54) is 34.6 Å². The van der Waals surface area contributed by atoms with Gasteiger partial charge in [0.1, 0.15) is 5.82 Å². The van der Waals surface area contributed by atoms with E-state index in [2.05, 4.69) is 4.98 Å². The number of aromatic nitrogens is 1. The van der Waals surface area contributed by atoms with Crippen LogP contribution in [0.15, 0.2) is 54.7 Å². The van der Waals surface area contributed by atoms with Crippen LogP contribution >= 0.6 is 23.2 Å². The molecule has 2 atom stereocenters. The first-order valence-corrected chi connectivity index (χ1v) is 15.6. The Bertz CT molecular complexity index is 1580. The Labute approximate surface area is 248 Å². The summed E-state index contributed by atoms with van der Waals surface area (Å²) in [6.45, 7) is 2.05. The maximum Gasteiger partial charge on any atom is 0.257 e. The van der Waals surface area contributed by atoms with Crippen molar-refractivity contribution in [3.63, 3.8) is 0 Å². The van der Waals surface area contributed by atoms with Crippen LogP contribution in [0.5, 0.6) is 0 Å². The van der Waals surface area contributed by atoms with Crippen LogP contribution in [0, 0.1) is 11.7 Å². The molecule has 218 valence electrons. The summed E-state index contributed by atoms with van der Waals surface area (Å²) in [7, 11) is -1.95. The fourth-order valence-electron chi connectivity index (χ4n) is 5.97. The summed E-state index contributed by atoms with van der Waals surface area (Å²) in [5.41, 5.74) is -1.87. The minimum absolute atomic E-state index is 0.0176. The molecule has 2 aliphatic rings. The Balaban J connectivity index is 1.60. The average molecular weight is 623 g/mol. The molecule has 0 bridgehead atoms. The molecule has 1 N–H and O–H groups in total. The van der Waals surface area contributed by atoms with Crippen molar-refractivity contribution in [3.8, 4) is 0 Å². The molecule has 2 aliphatic heterocycles. The number of hydrogen-bond acceptors (Lipinski definition) is 6. The smallest absolute Gasteiger partial charge is 0.257 e. The molecule has 0 aliphatic carbocycles. The van der Waals surface area contributed by atoms with Gasteiger partial charge in [-0.25, -0.2) is 17.1 Å². The fourth-order valence-corrected chi connectivity index (χ4v) is 7.08. The third-order valence-corrected chi connectivity index (χ3v) is 10.0.